The minimum Gasteiger partial charge on any atom is -0.379 e. The number of hydrogen-bond acceptors (Lipinski definition) is 6. The maximum Gasteiger partial charge on any atom is 0.163 e. The Morgan fingerprint density at radius 2 is 1.66 bits per heavy atom. The fourth-order valence-corrected chi connectivity index (χ4v) is 3.19. The number of nitrogens with zero attached hydrogens (tertiary/aromatic N) is 3. The summed E-state index contributed by atoms with van der Waals surface area (Å²) in [6.07, 6.45) is 0. The highest BCUT2D eigenvalue weighted by Crippen LogP contribution is 2.24. The SMILES string of the molecule is Fc1ccccc1Nc1cc(NCCN2CCOCC2)nc(-c2ccccc2)n1. The maximum absolute atomic E-state index is 14.1. The molecule has 6 nitrogen and oxygen atoms in total. The van der Waals surface area contributed by atoms with E-state index in [0.29, 0.717) is 23.1 Å². The van der Waals surface area contributed by atoms with Crippen LogP contribution in [0.1, 0.15) is 0 Å². The minimum atomic E-state index is -0.325. The van der Waals surface area contributed by atoms with Crippen molar-refractivity contribution >= 4 is 17.3 Å². The van der Waals surface area contributed by atoms with Crippen LogP contribution in [0.25, 0.3) is 11.4 Å². The van der Waals surface area contributed by atoms with Gasteiger partial charge in [0.1, 0.15) is 17.5 Å². The summed E-state index contributed by atoms with van der Waals surface area (Å²) in [5.74, 6) is 1.50. The molecule has 0 aliphatic carbocycles. The Morgan fingerprint density at radius 1 is 0.931 bits per heavy atom. The van der Waals surface area contributed by atoms with Crippen molar-refractivity contribution in [2.45, 2.75) is 0 Å². The summed E-state index contributed by atoms with van der Waals surface area (Å²) in [6, 6.07) is 18.1. The number of aromatic nitrogens is 2. The molecule has 1 aliphatic heterocycles. The van der Waals surface area contributed by atoms with Gasteiger partial charge in [0.2, 0.25) is 0 Å². The van der Waals surface area contributed by atoms with Gasteiger partial charge in [0.05, 0.1) is 18.9 Å². The molecule has 3 aromatic rings. The first kappa shape index (κ1) is 19.3. The summed E-state index contributed by atoms with van der Waals surface area (Å²) in [6.45, 7) is 5.11. The number of nitrogens with one attached hydrogen (secondary N) is 2. The van der Waals surface area contributed by atoms with Crippen LogP contribution in [0.5, 0.6) is 0 Å². The molecule has 1 fully saturated rings. The van der Waals surface area contributed by atoms with Crippen LogP contribution in [0.15, 0.2) is 60.7 Å². The summed E-state index contributed by atoms with van der Waals surface area (Å²) in [4.78, 5) is 11.6. The van der Waals surface area contributed by atoms with Gasteiger partial charge < -0.3 is 15.4 Å². The van der Waals surface area contributed by atoms with Crippen LogP contribution in [-0.4, -0.2) is 54.3 Å². The molecule has 29 heavy (non-hydrogen) atoms. The molecular formula is C22H24FN5O. The predicted molar refractivity (Wildman–Crippen MR) is 113 cm³/mol. The van der Waals surface area contributed by atoms with E-state index in [2.05, 4.69) is 25.5 Å². The normalized spacial score (nSPS) is 14.5. The fourth-order valence-electron chi connectivity index (χ4n) is 3.19. The zero-order valence-electron chi connectivity index (χ0n) is 16.1. The van der Waals surface area contributed by atoms with Gasteiger partial charge >= 0.3 is 0 Å². The van der Waals surface area contributed by atoms with Gasteiger partial charge in [0.25, 0.3) is 0 Å². The fraction of sp³-hybridized carbons (Fsp3) is 0.273. The van der Waals surface area contributed by atoms with E-state index in [-0.39, 0.29) is 5.82 Å². The number of para-hydroxylation sites is 1. The van der Waals surface area contributed by atoms with Crippen LogP contribution < -0.4 is 10.6 Å². The number of hydrogen-bond donors (Lipinski definition) is 2. The van der Waals surface area contributed by atoms with E-state index >= 15 is 0 Å². The highest BCUT2D eigenvalue weighted by atomic mass is 19.1. The minimum absolute atomic E-state index is 0.325. The van der Waals surface area contributed by atoms with Gasteiger partial charge in [-0.05, 0) is 12.1 Å². The van der Waals surface area contributed by atoms with E-state index in [1.54, 1.807) is 24.3 Å². The zero-order valence-corrected chi connectivity index (χ0v) is 16.1. The third-order valence-electron chi connectivity index (χ3n) is 4.73. The number of ether oxygens (including phenoxy) is 1. The van der Waals surface area contributed by atoms with Gasteiger partial charge in [-0.25, -0.2) is 14.4 Å². The third-order valence-corrected chi connectivity index (χ3v) is 4.73. The lowest BCUT2D eigenvalue weighted by atomic mass is 10.2. The lowest BCUT2D eigenvalue weighted by Crippen LogP contribution is -2.39. The van der Waals surface area contributed by atoms with Crippen LogP contribution in [-0.2, 0) is 4.74 Å². The summed E-state index contributed by atoms with van der Waals surface area (Å²) >= 11 is 0. The van der Waals surface area contributed by atoms with Crippen molar-refractivity contribution in [3.8, 4) is 11.4 Å². The molecule has 0 unspecified atom stereocenters. The molecule has 0 atom stereocenters. The van der Waals surface area contributed by atoms with Crippen molar-refractivity contribution in [1.29, 1.82) is 0 Å². The topological polar surface area (TPSA) is 62.3 Å². The van der Waals surface area contributed by atoms with Gasteiger partial charge in [-0.2, -0.15) is 0 Å². The molecule has 2 N–H and O–H groups in total. The lowest BCUT2D eigenvalue weighted by molar-refractivity contribution is 0.0398. The van der Waals surface area contributed by atoms with Crippen molar-refractivity contribution in [3.63, 3.8) is 0 Å². The molecule has 4 rings (SSSR count). The second kappa shape index (κ2) is 9.45. The van der Waals surface area contributed by atoms with Crippen molar-refractivity contribution in [3.05, 3.63) is 66.5 Å². The van der Waals surface area contributed by atoms with Crippen LogP contribution in [0.3, 0.4) is 0 Å². The standard InChI is InChI=1S/C22H24FN5O/c23-18-8-4-5-9-19(18)25-21-16-20(24-10-11-28-12-14-29-15-13-28)26-22(27-21)17-6-2-1-3-7-17/h1-9,16H,10-15H2,(H2,24,25,26,27). The van der Waals surface area contributed by atoms with Gasteiger partial charge in [0, 0.05) is 37.8 Å². The summed E-state index contributed by atoms with van der Waals surface area (Å²) in [5, 5.41) is 6.45. The molecule has 1 aromatic heterocycles. The molecule has 0 radical (unpaired) electrons. The Morgan fingerprint density at radius 3 is 2.45 bits per heavy atom. The second-order valence-corrected chi connectivity index (χ2v) is 6.81. The predicted octanol–water partition coefficient (Wildman–Crippen LogP) is 3.77. The molecule has 1 saturated heterocycles. The molecule has 7 heteroatoms. The van der Waals surface area contributed by atoms with E-state index in [1.165, 1.54) is 6.07 Å². The van der Waals surface area contributed by atoms with Crippen molar-refractivity contribution in [1.82, 2.24) is 14.9 Å². The monoisotopic (exact) mass is 393 g/mol. The molecule has 0 spiro atoms. The number of benzene rings is 2. The van der Waals surface area contributed by atoms with E-state index < -0.39 is 0 Å². The van der Waals surface area contributed by atoms with Crippen LogP contribution in [0.4, 0.5) is 21.7 Å². The van der Waals surface area contributed by atoms with Gasteiger partial charge in [-0.3, -0.25) is 4.90 Å². The third kappa shape index (κ3) is 5.28. The first-order chi connectivity index (χ1) is 14.3. The molecule has 1 aliphatic rings. The smallest absolute Gasteiger partial charge is 0.163 e. The quantitative estimate of drug-likeness (QED) is 0.637. The van der Waals surface area contributed by atoms with Crippen LogP contribution in [0.2, 0.25) is 0 Å². The molecular weight excluding hydrogens is 369 g/mol. The van der Waals surface area contributed by atoms with E-state index in [1.807, 2.05) is 30.3 Å². The largest absolute Gasteiger partial charge is 0.379 e. The number of morpholine rings is 1. The number of halogens is 1. The zero-order chi connectivity index (χ0) is 19.9. The summed E-state index contributed by atoms with van der Waals surface area (Å²) in [5.41, 5.74) is 1.28. The van der Waals surface area contributed by atoms with E-state index in [9.17, 15) is 4.39 Å². The summed E-state index contributed by atoms with van der Waals surface area (Å²) in [7, 11) is 0. The Kier molecular flexibility index (Phi) is 6.29. The number of anilines is 3. The second-order valence-electron chi connectivity index (χ2n) is 6.81. The first-order valence-electron chi connectivity index (χ1n) is 9.78. The van der Waals surface area contributed by atoms with Crippen molar-refractivity contribution in [2.24, 2.45) is 0 Å². The Bertz CT molecular complexity index is 931. The molecule has 0 amide bonds. The highest BCUT2D eigenvalue weighted by Gasteiger charge is 2.11. The molecule has 2 aromatic carbocycles. The van der Waals surface area contributed by atoms with Gasteiger partial charge in [-0.1, -0.05) is 42.5 Å². The van der Waals surface area contributed by atoms with Crippen LogP contribution >= 0.6 is 0 Å². The summed E-state index contributed by atoms with van der Waals surface area (Å²) < 4.78 is 19.5. The average molecular weight is 393 g/mol. The molecule has 0 saturated carbocycles. The van der Waals surface area contributed by atoms with Gasteiger partial charge in [0.15, 0.2) is 5.82 Å². The Labute approximate surface area is 169 Å². The highest BCUT2D eigenvalue weighted by molar-refractivity contribution is 5.65. The van der Waals surface area contributed by atoms with Gasteiger partial charge in [-0.15, -0.1) is 0 Å². The van der Waals surface area contributed by atoms with E-state index in [4.69, 9.17) is 4.74 Å². The average Bonchev–Trinajstić information content (AvgIpc) is 2.77. The van der Waals surface area contributed by atoms with Crippen molar-refractivity contribution < 1.29 is 9.13 Å². The Hall–Kier alpha value is -3.03. The maximum atomic E-state index is 14.1. The Balaban J connectivity index is 1.53. The molecule has 150 valence electrons. The molecule has 2 heterocycles. The van der Waals surface area contributed by atoms with Crippen molar-refractivity contribution in [2.75, 3.05) is 50.0 Å². The van der Waals surface area contributed by atoms with Crippen LogP contribution in [0, 0.1) is 5.82 Å². The lowest BCUT2D eigenvalue weighted by Gasteiger charge is -2.26. The van der Waals surface area contributed by atoms with E-state index in [0.717, 1.165) is 45.0 Å². The first-order valence-corrected chi connectivity index (χ1v) is 9.78. The molecule has 0 bridgehead atoms. The number of rotatable bonds is 7.